The first-order valence-electron chi connectivity index (χ1n) is 8.17. The number of nitrogens with zero attached hydrogens (tertiary/aromatic N) is 2. The van der Waals surface area contributed by atoms with Crippen LogP contribution in [0.15, 0.2) is 22.0 Å². The molecule has 1 saturated heterocycles. The van der Waals surface area contributed by atoms with Gasteiger partial charge in [0.25, 0.3) is 0 Å². The van der Waals surface area contributed by atoms with Crippen molar-refractivity contribution in [2.45, 2.75) is 44.8 Å². The van der Waals surface area contributed by atoms with Gasteiger partial charge in [-0.3, -0.25) is 4.90 Å². The number of rotatable bonds is 3. The fraction of sp³-hybridized carbons (Fsp3) is 0.588. The summed E-state index contributed by atoms with van der Waals surface area (Å²) in [5.74, 6) is 0.980. The average molecular weight is 318 g/mol. The summed E-state index contributed by atoms with van der Waals surface area (Å²) in [6, 6.07) is 4.36. The first-order valence-corrected chi connectivity index (χ1v) is 9.05. The molecule has 0 amide bonds. The van der Waals surface area contributed by atoms with E-state index in [1.54, 1.807) is 0 Å². The van der Waals surface area contributed by atoms with E-state index in [1.165, 1.54) is 10.4 Å². The molecule has 0 unspecified atom stereocenters. The third-order valence-corrected chi connectivity index (χ3v) is 5.94. The first kappa shape index (κ1) is 14.4. The van der Waals surface area contributed by atoms with Crippen LogP contribution in [0, 0.1) is 0 Å². The molecule has 0 radical (unpaired) electrons. The van der Waals surface area contributed by atoms with Crippen molar-refractivity contribution in [3.8, 4) is 0 Å². The highest BCUT2D eigenvalue weighted by molar-refractivity contribution is 7.10. The summed E-state index contributed by atoms with van der Waals surface area (Å²) in [4.78, 5) is 3.98. The summed E-state index contributed by atoms with van der Waals surface area (Å²) < 4.78 is 11.7. The van der Waals surface area contributed by atoms with Gasteiger partial charge in [0.1, 0.15) is 0 Å². The van der Waals surface area contributed by atoms with E-state index >= 15 is 0 Å². The normalized spacial score (nSPS) is 21.1. The summed E-state index contributed by atoms with van der Waals surface area (Å²) in [6.07, 6.45) is 4.16. The highest BCUT2D eigenvalue weighted by atomic mass is 32.1. The van der Waals surface area contributed by atoms with Gasteiger partial charge < -0.3 is 9.26 Å². The largest absolute Gasteiger partial charge is 0.370 e. The van der Waals surface area contributed by atoms with Crippen LogP contribution in [0.2, 0.25) is 0 Å². The number of hydrogen-bond donors (Lipinski definition) is 0. The lowest BCUT2D eigenvalue weighted by molar-refractivity contribution is -0.0986. The molecule has 22 heavy (non-hydrogen) atoms. The zero-order chi connectivity index (χ0) is 15.0. The first-order chi connectivity index (χ1) is 10.8. The molecule has 5 heteroatoms. The topological polar surface area (TPSA) is 38.5 Å². The Labute approximate surface area is 135 Å². The minimum Gasteiger partial charge on any atom is -0.370 e. The van der Waals surface area contributed by atoms with Crippen molar-refractivity contribution in [1.29, 1.82) is 0 Å². The van der Waals surface area contributed by atoms with Crippen LogP contribution in [0.25, 0.3) is 0 Å². The summed E-state index contributed by atoms with van der Waals surface area (Å²) >= 11 is 1.88. The Morgan fingerprint density at radius 2 is 2.23 bits per heavy atom. The van der Waals surface area contributed by atoms with Crippen LogP contribution in [0.1, 0.15) is 41.7 Å². The number of ether oxygens (including phenoxy) is 1. The SMILES string of the molecule is CCc1cc(CN2CCC3(CC2)OCCc2sccc23)on1. The Morgan fingerprint density at radius 1 is 1.36 bits per heavy atom. The van der Waals surface area contributed by atoms with Gasteiger partial charge in [-0.1, -0.05) is 12.1 Å². The van der Waals surface area contributed by atoms with Gasteiger partial charge in [-0.25, -0.2) is 0 Å². The molecule has 2 aliphatic heterocycles. The Bertz CT molecular complexity index is 641. The molecule has 2 aliphatic rings. The van der Waals surface area contributed by atoms with Gasteiger partial charge in [-0.15, -0.1) is 11.3 Å². The van der Waals surface area contributed by atoms with E-state index in [0.29, 0.717) is 0 Å². The molecule has 0 atom stereocenters. The Hall–Kier alpha value is -1.17. The van der Waals surface area contributed by atoms with Gasteiger partial charge >= 0.3 is 0 Å². The molecule has 0 saturated carbocycles. The highest BCUT2D eigenvalue weighted by Gasteiger charge is 2.41. The van der Waals surface area contributed by atoms with Crippen molar-refractivity contribution in [3.63, 3.8) is 0 Å². The molecule has 118 valence electrons. The van der Waals surface area contributed by atoms with Crippen LogP contribution in [0.4, 0.5) is 0 Å². The molecular weight excluding hydrogens is 296 g/mol. The van der Waals surface area contributed by atoms with E-state index in [1.807, 2.05) is 11.3 Å². The lowest BCUT2D eigenvalue weighted by atomic mass is 9.82. The molecule has 2 aromatic rings. The third kappa shape index (κ3) is 2.51. The van der Waals surface area contributed by atoms with Crippen LogP contribution in [0.5, 0.6) is 0 Å². The highest BCUT2D eigenvalue weighted by Crippen LogP contribution is 2.43. The minimum atomic E-state index is -0.0277. The number of likely N-dealkylation sites (tertiary alicyclic amines) is 1. The van der Waals surface area contributed by atoms with E-state index < -0.39 is 0 Å². The lowest BCUT2D eigenvalue weighted by Crippen LogP contribution is -2.45. The maximum atomic E-state index is 6.26. The second-order valence-electron chi connectivity index (χ2n) is 6.26. The van der Waals surface area contributed by atoms with Crippen molar-refractivity contribution < 1.29 is 9.26 Å². The lowest BCUT2D eigenvalue weighted by Gasteiger charge is -2.43. The zero-order valence-corrected chi connectivity index (χ0v) is 13.8. The summed E-state index contributed by atoms with van der Waals surface area (Å²) in [5, 5.41) is 6.30. The number of fused-ring (bicyclic) bond motifs is 2. The molecule has 0 aromatic carbocycles. The quantitative estimate of drug-likeness (QED) is 0.870. The molecule has 1 spiro atoms. The third-order valence-electron chi connectivity index (χ3n) is 4.96. The van der Waals surface area contributed by atoms with Gasteiger partial charge in [0.2, 0.25) is 0 Å². The van der Waals surface area contributed by atoms with E-state index in [9.17, 15) is 0 Å². The molecule has 4 rings (SSSR count). The van der Waals surface area contributed by atoms with Gasteiger partial charge in [-0.05, 0) is 36.3 Å². The number of aromatic nitrogens is 1. The van der Waals surface area contributed by atoms with Crippen molar-refractivity contribution >= 4 is 11.3 Å². The number of piperidine rings is 1. The Balaban J connectivity index is 1.43. The van der Waals surface area contributed by atoms with Crippen molar-refractivity contribution in [1.82, 2.24) is 10.1 Å². The van der Waals surface area contributed by atoms with Crippen molar-refractivity contribution in [2.24, 2.45) is 0 Å². The van der Waals surface area contributed by atoms with E-state index in [0.717, 1.165) is 63.4 Å². The Kier molecular flexibility index (Phi) is 3.80. The van der Waals surface area contributed by atoms with Crippen molar-refractivity contribution in [3.05, 3.63) is 39.4 Å². The van der Waals surface area contributed by atoms with Crippen molar-refractivity contribution in [2.75, 3.05) is 19.7 Å². The molecule has 4 nitrogen and oxygen atoms in total. The van der Waals surface area contributed by atoms with Gasteiger partial charge in [0.15, 0.2) is 5.76 Å². The fourth-order valence-electron chi connectivity index (χ4n) is 3.66. The summed E-state index contributed by atoms with van der Waals surface area (Å²) in [5.41, 5.74) is 2.47. The molecule has 0 bridgehead atoms. The molecule has 2 aromatic heterocycles. The van der Waals surface area contributed by atoms with Crippen LogP contribution in [-0.4, -0.2) is 29.8 Å². The molecule has 4 heterocycles. The average Bonchev–Trinajstić information content (AvgIpc) is 3.19. The van der Waals surface area contributed by atoms with E-state index in [2.05, 4.69) is 34.5 Å². The smallest absolute Gasteiger partial charge is 0.150 e. The number of thiophene rings is 1. The monoisotopic (exact) mass is 318 g/mol. The number of aryl methyl sites for hydroxylation is 1. The molecule has 1 fully saturated rings. The van der Waals surface area contributed by atoms with Crippen LogP contribution in [0.3, 0.4) is 0 Å². The van der Waals surface area contributed by atoms with Crippen LogP contribution < -0.4 is 0 Å². The van der Waals surface area contributed by atoms with Gasteiger partial charge in [0, 0.05) is 30.5 Å². The second kappa shape index (κ2) is 5.80. The van der Waals surface area contributed by atoms with E-state index in [4.69, 9.17) is 9.26 Å². The van der Waals surface area contributed by atoms with Gasteiger partial charge in [-0.2, -0.15) is 0 Å². The van der Waals surface area contributed by atoms with Crippen LogP contribution in [-0.2, 0) is 29.7 Å². The summed E-state index contributed by atoms with van der Waals surface area (Å²) in [7, 11) is 0. The summed E-state index contributed by atoms with van der Waals surface area (Å²) in [6.45, 7) is 5.94. The van der Waals surface area contributed by atoms with E-state index in [-0.39, 0.29) is 5.60 Å². The maximum absolute atomic E-state index is 6.26. The predicted molar refractivity (Wildman–Crippen MR) is 86.0 cm³/mol. The molecule has 0 N–H and O–H groups in total. The Morgan fingerprint density at radius 3 is 3.00 bits per heavy atom. The zero-order valence-electron chi connectivity index (χ0n) is 13.0. The molecule has 0 aliphatic carbocycles. The second-order valence-corrected chi connectivity index (χ2v) is 7.27. The minimum absolute atomic E-state index is 0.0277. The standard InChI is InChI=1S/C17H22N2O2S/c1-2-13-11-14(21-18-13)12-19-7-5-17(6-8-19)15-4-10-22-16(15)3-9-20-17/h4,10-11H,2-3,5-9,12H2,1H3. The fourth-order valence-corrected chi connectivity index (χ4v) is 4.61. The maximum Gasteiger partial charge on any atom is 0.150 e. The predicted octanol–water partition coefficient (Wildman–Crippen LogP) is 3.36. The molecular formula is C17H22N2O2S. The number of hydrogen-bond acceptors (Lipinski definition) is 5. The van der Waals surface area contributed by atoms with Gasteiger partial charge in [0.05, 0.1) is 24.4 Å². The van der Waals surface area contributed by atoms with Crippen LogP contribution >= 0.6 is 11.3 Å².